The minimum Gasteiger partial charge on any atom is -0.465 e. The van der Waals surface area contributed by atoms with Gasteiger partial charge in [-0.05, 0) is 39.3 Å². The van der Waals surface area contributed by atoms with E-state index >= 15 is 0 Å². The molecular formula is C17H24N2O4. The lowest BCUT2D eigenvalue weighted by Crippen LogP contribution is -2.47. The van der Waals surface area contributed by atoms with Gasteiger partial charge in [-0.1, -0.05) is 19.1 Å². The number of amides is 2. The van der Waals surface area contributed by atoms with Gasteiger partial charge in [-0.2, -0.15) is 0 Å². The zero-order valence-electron chi connectivity index (χ0n) is 14.2. The Morgan fingerprint density at radius 3 is 2.35 bits per heavy atom. The van der Waals surface area contributed by atoms with Crippen LogP contribution in [0.3, 0.4) is 0 Å². The van der Waals surface area contributed by atoms with Crippen molar-refractivity contribution in [3.05, 3.63) is 29.8 Å². The Morgan fingerprint density at radius 2 is 1.78 bits per heavy atom. The third-order valence-corrected chi connectivity index (χ3v) is 3.71. The second-order valence-corrected chi connectivity index (χ2v) is 5.90. The van der Waals surface area contributed by atoms with Crippen LogP contribution in [0.25, 0.3) is 0 Å². The van der Waals surface area contributed by atoms with E-state index in [2.05, 4.69) is 15.4 Å². The molecule has 6 heteroatoms. The Labute approximate surface area is 136 Å². The summed E-state index contributed by atoms with van der Waals surface area (Å²) in [4.78, 5) is 36.5. The van der Waals surface area contributed by atoms with Gasteiger partial charge in [-0.25, -0.2) is 4.79 Å². The topological polar surface area (TPSA) is 84.5 Å². The zero-order chi connectivity index (χ0) is 17.6. The van der Waals surface area contributed by atoms with Crippen molar-refractivity contribution < 1.29 is 19.1 Å². The molecule has 6 nitrogen and oxygen atoms in total. The van der Waals surface area contributed by atoms with Crippen LogP contribution >= 0.6 is 0 Å². The molecule has 0 saturated carbocycles. The molecule has 0 aliphatic carbocycles. The molecule has 0 spiro atoms. The fraction of sp³-hybridized carbons (Fsp3) is 0.471. The van der Waals surface area contributed by atoms with Gasteiger partial charge in [0.2, 0.25) is 11.8 Å². The molecule has 0 aromatic heterocycles. The quantitative estimate of drug-likeness (QED) is 0.622. The first-order chi connectivity index (χ1) is 10.7. The first kappa shape index (κ1) is 18.7. The highest BCUT2D eigenvalue weighted by Crippen LogP contribution is 2.22. The van der Waals surface area contributed by atoms with Gasteiger partial charge in [0.15, 0.2) is 0 Å². The summed E-state index contributed by atoms with van der Waals surface area (Å²) < 4.78 is 4.69. The number of hydrogen-bond donors (Lipinski definition) is 2. The molecule has 126 valence electrons. The zero-order valence-corrected chi connectivity index (χ0v) is 14.2. The fourth-order valence-corrected chi connectivity index (χ4v) is 1.77. The van der Waals surface area contributed by atoms with Crippen LogP contribution in [0.4, 0.5) is 5.69 Å². The lowest BCUT2D eigenvalue weighted by molar-refractivity contribution is -0.138. The normalized spacial score (nSPS) is 12.2. The average molecular weight is 320 g/mol. The highest BCUT2D eigenvalue weighted by atomic mass is 16.5. The third-order valence-electron chi connectivity index (χ3n) is 3.71. The summed E-state index contributed by atoms with van der Waals surface area (Å²) >= 11 is 0. The van der Waals surface area contributed by atoms with E-state index in [1.807, 2.05) is 13.8 Å². The Morgan fingerprint density at radius 1 is 1.17 bits per heavy atom. The van der Waals surface area contributed by atoms with Crippen LogP contribution in [0.2, 0.25) is 0 Å². The number of anilines is 1. The molecule has 23 heavy (non-hydrogen) atoms. The van der Waals surface area contributed by atoms with E-state index in [1.54, 1.807) is 38.1 Å². The molecule has 0 aliphatic rings. The van der Waals surface area contributed by atoms with Crippen molar-refractivity contribution in [2.45, 2.75) is 40.2 Å². The monoisotopic (exact) mass is 320 g/mol. The maximum Gasteiger partial charge on any atom is 0.339 e. The van der Waals surface area contributed by atoms with E-state index < -0.39 is 17.3 Å². The molecule has 1 atom stereocenters. The van der Waals surface area contributed by atoms with Crippen LogP contribution in [0.15, 0.2) is 24.3 Å². The number of carbonyl (C=O) groups excluding carboxylic acids is 3. The second kappa shape index (κ2) is 7.76. The summed E-state index contributed by atoms with van der Waals surface area (Å²) in [5.74, 6) is -1.41. The van der Waals surface area contributed by atoms with Crippen molar-refractivity contribution in [3.63, 3.8) is 0 Å². The van der Waals surface area contributed by atoms with E-state index in [0.717, 1.165) is 6.42 Å². The highest BCUT2D eigenvalue weighted by Gasteiger charge is 2.37. The van der Waals surface area contributed by atoms with Crippen molar-refractivity contribution in [2.75, 3.05) is 12.4 Å². The van der Waals surface area contributed by atoms with Crippen molar-refractivity contribution >= 4 is 23.5 Å². The predicted molar refractivity (Wildman–Crippen MR) is 88.1 cm³/mol. The van der Waals surface area contributed by atoms with Crippen molar-refractivity contribution in [1.82, 2.24) is 5.32 Å². The smallest absolute Gasteiger partial charge is 0.339 e. The van der Waals surface area contributed by atoms with E-state index in [4.69, 9.17) is 0 Å². The highest BCUT2D eigenvalue weighted by molar-refractivity contribution is 6.11. The van der Waals surface area contributed by atoms with Crippen molar-refractivity contribution in [2.24, 2.45) is 5.41 Å². The van der Waals surface area contributed by atoms with Crippen LogP contribution in [-0.4, -0.2) is 30.9 Å². The van der Waals surface area contributed by atoms with Crippen LogP contribution in [0.1, 0.15) is 44.5 Å². The van der Waals surface area contributed by atoms with E-state index in [9.17, 15) is 14.4 Å². The first-order valence-electron chi connectivity index (χ1n) is 7.53. The Hall–Kier alpha value is -2.37. The number of benzene rings is 1. The lowest BCUT2D eigenvalue weighted by atomic mass is 9.90. The van der Waals surface area contributed by atoms with E-state index in [-0.39, 0.29) is 17.5 Å². The molecule has 0 aliphatic heterocycles. The summed E-state index contributed by atoms with van der Waals surface area (Å²) in [6, 6.07) is 6.48. The Bertz CT molecular complexity index is 596. The van der Waals surface area contributed by atoms with Crippen LogP contribution in [0.5, 0.6) is 0 Å². The molecule has 0 bridgehead atoms. The average Bonchev–Trinajstić information content (AvgIpc) is 2.54. The van der Waals surface area contributed by atoms with Crippen LogP contribution in [-0.2, 0) is 14.3 Å². The van der Waals surface area contributed by atoms with Crippen LogP contribution < -0.4 is 10.6 Å². The summed E-state index contributed by atoms with van der Waals surface area (Å²) in [7, 11) is 1.27. The number of carbonyl (C=O) groups is 3. The molecule has 1 rings (SSSR count). The molecule has 1 unspecified atom stereocenters. The van der Waals surface area contributed by atoms with E-state index in [1.165, 1.54) is 7.11 Å². The van der Waals surface area contributed by atoms with E-state index in [0.29, 0.717) is 5.69 Å². The molecule has 0 radical (unpaired) electrons. The lowest BCUT2D eigenvalue weighted by Gasteiger charge is -2.25. The van der Waals surface area contributed by atoms with Gasteiger partial charge < -0.3 is 15.4 Å². The van der Waals surface area contributed by atoms with Gasteiger partial charge in [0.25, 0.3) is 0 Å². The maximum atomic E-state index is 12.5. The molecular weight excluding hydrogens is 296 g/mol. The predicted octanol–water partition coefficient (Wildman–Crippen LogP) is 2.35. The fourth-order valence-electron chi connectivity index (χ4n) is 1.77. The summed E-state index contributed by atoms with van der Waals surface area (Å²) in [6.07, 6.45) is 0.772. The summed E-state index contributed by atoms with van der Waals surface area (Å²) in [5, 5.41) is 5.43. The van der Waals surface area contributed by atoms with Gasteiger partial charge >= 0.3 is 5.97 Å². The second-order valence-electron chi connectivity index (χ2n) is 5.90. The van der Waals surface area contributed by atoms with Crippen molar-refractivity contribution in [3.8, 4) is 0 Å². The molecule has 0 saturated heterocycles. The van der Waals surface area contributed by atoms with Crippen molar-refractivity contribution in [1.29, 1.82) is 0 Å². The minimum atomic E-state index is -1.27. The number of methoxy groups -OCH3 is 1. The number of para-hydroxylation sites is 1. The Balaban J connectivity index is 2.95. The van der Waals surface area contributed by atoms with Gasteiger partial charge in [-0.3, -0.25) is 9.59 Å². The summed E-state index contributed by atoms with van der Waals surface area (Å²) in [6.45, 7) is 6.91. The maximum absolute atomic E-state index is 12.5. The van der Waals surface area contributed by atoms with Gasteiger partial charge in [0.05, 0.1) is 18.4 Å². The number of esters is 1. The standard InChI is InChI=1S/C17H24N2O4/c1-6-11(2)18-15(21)17(3,4)16(22)19-13-10-8-7-9-12(13)14(20)23-5/h7-11H,6H2,1-5H3,(H,18,21)(H,19,22). The first-order valence-corrected chi connectivity index (χ1v) is 7.53. The molecule has 2 amide bonds. The van der Waals surface area contributed by atoms with Crippen LogP contribution in [0, 0.1) is 5.41 Å². The Kier molecular flexibility index (Phi) is 6.30. The molecule has 1 aromatic carbocycles. The van der Waals surface area contributed by atoms with Gasteiger partial charge in [0, 0.05) is 6.04 Å². The SMILES string of the molecule is CCC(C)NC(=O)C(C)(C)C(=O)Nc1ccccc1C(=O)OC. The number of rotatable bonds is 6. The number of nitrogens with one attached hydrogen (secondary N) is 2. The largest absolute Gasteiger partial charge is 0.465 e. The van der Waals surface area contributed by atoms with Gasteiger partial charge in [-0.15, -0.1) is 0 Å². The molecule has 0 heterocycles. The molecule has 0 fully saturated rings. The number of hydrogen-bond acceptors (Lipinski definition) is 4. The third kappa shape index (κ3) is 4.55. The molecule has 2 N–H and O–H groups in total. The minimum absolute atomic E-state index is 0.0167. The number of ether oxygens (including phenoxy) is 1. The summed E-state index contributed by atoms with van der Waals surface area (Å²) in [5.41, 5.74) is -0.720. The van der Waals surface area contributed by atoms with Gasteiger partial charge in [0.1, 0.15) is 5.41 Å². The molecule has 1 aromatic rings.